The fourth-order valence-corrected chi connectivity index (χ4v) is 2.66. The average Bonchev–Trinajstić information content (AvgIpc) is 2.42. The van der Waals surface area contributed by atoms with Crippen molar-refractivity contribution in [3.05, 3.63) is 46.5 Å². The van der Waals surface area contributed by atoms with E-state index in [0.29, 0.717) is 21.5 Å². The Bertz CT molecular complexity index is 690. The molecule has 19 heavy (non-hydrogen) atoms. The van der Waals surface area contributed by atoms with Gasteiger partial charge < -0.3 is 5.73 Å². The summed E-state index contributed by atoms with van der Waals surface area (Å²) < 4.78 is 0. The molecule has 1 heterocycles. The number of hydrogen-bond acceptors (Lipinski definition) is 3. The molecule has 96 valence electrons. The zero-order valence-corrected chi connectivity index (χ0v) is 10.8. The minimum Gasteiger partial charge on any atom is -0.329 e. The molecule has 3 rings (SSSR count). The summed E-state index contributed by atoms with van der Waals surface area (Å²) in [5.74, 6) is -0.619. The number of halogens is 1. The lowest BCUT2D eigenvalue weighted by Gasteiger charge is -2.26. The first-order valence-corrected chi connectivity index (χ1v) is 6.30. The van der Waals surface area contributed by atoms with E-state index in [0.717, 1.165) is 5.39 Å². The summed E-state index contributed by atoms with van der Waals surface area (Å²) in [5.41, 5.74) is 6.46. The minimum atomic E-state index is -0.309. The standard InChI is InChI=1S/C14H11ClN2O2/c15-11-5-4-10-12-8(11)2-1-3-9(12)13(18)17(7-6-16)14(10)19/h1-5H,6-7,16H2. The van der Waals surface area contributed by atoms with Crippen LogP contribution in [-0.2, 0) is 0 Å². The van der Waals surface area contributed by atoms with Crippen molar-refractivity contribution in [3.8, 4) is 0 Å². The molecule has 0 bridgehead atoms. The highest BCUT2D eigenvalue weighted by atomic mass is 35.5. The van der Waals surface area contributed by atoms with Crippen LogP contribution in [0.3, 0.4) is 0 Å². The number of imide groups is 1. The van der Waals surface area contributed by atoms with Crippen molar-refractivity contribution in [2.75, 3.05) is 13.1 Å². The van der Waals surface area contributed by atoms with E-state index in [1.54, 1.807) is 24.3 Å². The Labute approximate surface area is 114 Å². The molecule has 5 heteroatoms. The molecule has 1 aliphatic rings. The fourth-order valence-electron chi connectivity index (χ4n) is 2.44. The molecular formula is C14H11ClN2O2. The summed E-state index contributed by atoms with van der Waals surface area (Å²) in [6.07, 6.45) is 0. The summed E-state index contributed by atoms with van der Waals surface area (Å²) >= 11 is 6.12. The largest absolute Gasteiger partial charge is 0.329 e. The molecule has 0 aromatic heterocycles. The molecule has 1 aliphatic heterocycles. The second-order valence-electron chi connectivity index (χ2n) is 4.37. The van der Waals surface area contributed by atoms with Gasteiger partial charge in [-0.15, -0.1) is 0 Å². The van der Waals surface area contributed by atoms with Crippen LogP contribution in [0.25, 0.3) is 10.8 Å². The van der Waals surface area contributed by atoms with Crippen LogP contribution in [0.4, 0.5) is 0 Å². The van der Waals surface area contributed by atoms with Crippen molar-refractivity contribution in [3.63, 3.8) is 0 Å². The van der Waals surface area contributed by atoms with Crippen LogP contribution < -0.4 is 5.73 Å². The lowest BCUT2D eigenvalue weighted by Crippen LogP contribution is -2.43. The van der Waals surface area contributed by atoms with Crippen molar-refractivity contribution < 1.29 is 9.59 Å². The van der Waals surface area contributed by atoms with Crippen LogP contribution in [0.1, 0.15) is 20.7 Å². The van der Waals surface area contributed by atoms with Gasteiger partial charge in [-0.3, -0.25) is 14.5 Å². The van der Waals surface area contributed by atoms with Crippen molar-refractivity contribution in [1.82, 2.24) is 4.90 Å². The molecule has 0 spiro atoms. The number of nitrogens with zero attached hydrogens (tertiary/aromatic N) is 1. The van der Waals surface area contributed by atoms with Crippen molar-refractivity contribution in [2.45, 2.75) is 0 Å². The lowest BCUT2D eigenvalue weighted by molar-refractivity contribution is 0.0615. The molecular weight excluding hydrogens is 264 g/mol. The number of rotatable bonds is 2. The van der Waals surface area contributed by atoms with Crippen LogP contribution >= 0.6 is 11.6 Å². The smallest absolute Gasteiger partial charge is 0.261 e. The number of amides is 2. The Morgan fingerprint density at radius 3 is 2.42 bits per heavy atom. The molecule has 0 atom stereocenters. The van der Waals surface area contributed by atoms with Crippen molar-refractivity contribution >= 4 is 34.2 Å². The van der Waals surface area contributed by atoms with Gasteiger partial charge in [-0.05, 0) is 18.2 Å². The van der Waals surface area contributed by atoms with E-state index < -0.39 is 0 Å². The molecule has 2 amide bonds. The summed E-state index contributed by atoms with van der Waals surface area (Å²) in [4.78, 5) is 25.8. The van der Waals surface area contributed by atoms with Gasteiger partial charge in [0.05, 0.1) is 0 Å². The first kappa shape index (κ1) is 12.1. The van der Waals surface area contributed by atoms with E-state index in [2.05, 4.69) is 0 Å². The lowest BCUT2D eigenvalue weighted by atomic mass is 9.94. The maximum absolute atomic E-state index is 12.3. The topological polar surface area (TPSA) is 63.4 Å². The van der Waals surface area contributed by atoms with E-state index in [9.17, 15) is 9.59 Å². The minimum absolute atomic E-state index is 0.218. The van der Waals surface area contributed by atoms with Gasteiger partial charge in [-0.2, -0.15) is 0 Å². The van der Waals surface area contributed by atoms with Crippen LogP contribution in [0.15, 0.2) is 30.3 Å². The highest BCUT2D eigenvalue weighted by Gasteiger charge is 2.32. The van der Waals surface area contributed by atoms with Crippen LogP contribution in [0.5, 0.6) is 0 Å². The Balaban J connectivity index is 2.35. The van der Waals surface area contributed by atoms with Gasteiger partial charge in [0.25, 0.3) is 11.8 Å². The van der Waals surface area contributed by atoms with Gasteiger partial charge >= 0.3 is 0 Å². The SMILES string of the molecule is NCCN1C(=O)c2cccc3c(Cl)ccc(c23)C1=O. The van der Waals surface area contributed by atoms with Gasteiger partial charge in [0.15, 0.2) is 0 Å². The third-order valence-electron chi connectivity index (χ3n) is 3.29. The molecule has 2 N–H and O–H groups in total. The molecule has 0 fully saturated rings. The van der Waals surface area contributed by atoms with E-state index in [1.165, 1.54) is 4.90 Å². The highest BCUT2D eigenvalue weighted by Crippen LogP contribution is 2.33. The Morgan fingerprint density at radius 1 is 1.05 bits per heavy atom. The van der Waals surface area contributed by atoms with Crippen LogP contribution in [-0.4, -0.2) is 29.8 Å². The van der Waals surface area contributed by atoms with Gasteiger partial charge in [-0.1, -0.05) is 23.7 Å². The van der Waals surface area contributed by atoms with Crippen LogP contribution in [0.2, 0.25) is 5.02 Å². The van der Waals surface area contributed by atoms with E-state index in [-0.39, 0.29) is 24.9 Å². The number of hydrogen-bond donors (Lipinski definition) is 1. The third-order valence-corrected chi connectivity index (χ3v) is 3.62. The van der Waals surface area contributed by atoms with E-state index in [1.807, 2.05) is 6.07 Å². The predicted octanol–water partition coefficient (Wildman–Crippen LogP) is 2.05. The molecule has 2 aromatic rings. The Kier molecular flexibility index (Phi) is 2.77. The van der Waals surface area contributed by atoms with Crippen molar-refractivity contribution in [1.29, 1.82) is 0 Å². The number of benzene rings is 2. The summed E-state index contributed by atoms with van der Waals surface area (Å²) in [5, 5.41) is 1.90. The summed E-state index contributed by atoms with van der Waals surface area (Å²) in [6.45, 7) is 0.465. The quantitative estimate of drug-likeness (QED) is 0.853. The van der Waals surface area contributed by atoms with Gasteiger partial charge in [-0.25, -0.2) is 0 Å². The van der Waals surface area contributed by atoms with E-state index in [4.69, 9.17) is 17.3 Å². The highest BCUT2D eigenvalue weighted by molar-refractivity contribution is 6.38. The molecule has 2 aromatic carbocycles. The van der Waals surface area contributed by atoms with Crippen LogP contribution in [0, 0.1) is 0 Å². The van der Waals surface area contributed by atoms with Gasteiger partial charge in [0.2, 0.25) is 0 Å². The maximum Gasteiger partial charge on any atom is 0.261 e. The Morgan fingerprint density at radius 2 is 1.74 bits per heavy atom. The number of carbonyl (C=O) groups excluding carboxylic acids is 2. The molecule has 0 radical (unpaired) electrons. The van der Waals surface area contributed by atoms with E-state index >= 15 is 0 Å². The molecule has 0 unspecified atom stereocenters. The Hall–Kier alpha value is -1.91. The first-order valence-electron chi connectivity index (χ1n) is 5.92. The molecule has 0 saturated heterocycles. The van der Waals surface area contributed by atoms with Crippen molar-refractivity contribution in [2.24, 2.45) is 5.73 Å². The fraction of sp³-hybridized carbons (Fsp3) is 0.143. The first-order chi connectivity index (χ1) is 9.15. The zero-order valence-electron chi connectivity index (χ0n) is 10.0. The van der Waals surface area contributed by atoms with Gasteiger partial charge in [0.1, 0.15) is 0 Å². The predicted molar refractivity (Wildman–Crippen MR) is 73.4 cm³/mol. The second kappa shape index (κ2) is 4.33. The second-order valence-corrected chi connectivity index (χ2v) is 4.78. The number of nitrogens with two attached hydrogens (primary N) is 1. The normalized spacial score (nSPS) is 14.3. The average molecular weight is 275 g/mol. The van der Waals surface area contributed by atoms with Gasteiger partial charge in [0, 0.05) is 40.0 Å². The molecule has 4 nitrogen and oxygen atoms in total. The zero-order chi connectivity index (χ0) is 13.6. The monoisotopic (exact) mass is 274 g/mol. The maximum atomic E-state index is 12.3. The summed E-state index contributed by atoms with van der Waals surface area (Å²) in [7, 11) is 0. The third kappa shape index (κ3) is 1.64. The number of carbonyl (C=O) groups is 2. The molecule has 0 saturated carbocycles. The molecule has 0 aliphatic carbocycles. The summed E-state index contributed by atoms with van der Waals surface area (Å²) in [6, 6.07) is 8.62.